The largest absolute Gasteiger partial charge is 0.493 e. The number of ether oxygens (including phenoxy) is 3. The van der Waals surface area contributed by atoms with Gasteiger partial charge in [-0.05, 0) is 54.3 Å². The molecule has 0 atom stereocenters. The van der Waals surface area contributed by atoms with Gasteiger partial charge in [-0.2, -0.15) is 0 Å². The number of amides is 2. The van der Waals surface area contributed by atoms with Crippen LogP contribution < -0.4 is 20.5 Å². The Morgan fingerprint density at radius 3 is 2.53 bits per heavy atom. The molecule has 3 rings (SSSR count). The minimum absolute atomic E-state index is 0.186. The van der Waals surface area contributed by atoms with E-state index in [1.807, 2.05) is 24.3 Å². The molecule has 3 N–H and O–H groups in total. The maximum absolute atomic E-state index is 12.5. The molecule has 0 bridgehead atoms. The summed E-state index contributed by atoms with van der Waals surface area (Å²) in [7, 11) is 1.50. The monoisotopic (exact) mass is 458 g/mol. The molecule has 32 heavy (non-hydrogen) atoms. The van der Waals surface area contributed by atoms with E-state index in [1.165, 1.54) is 13.2 Å². The normalized spacial score (nSPS) is 15.3. The molecule has 1 aliphatic heterocycles. The standard InChI is InChI=1S/C24H27ClN2O5/c1-30-21-14-17(2-8-20(21)32-15-22(26)28)3-9-23(29)27-16-24(10-12-31-13-11-24)18-4-6-19(25)7-5-18/h2-9,14H,10-13,15-16H2,1H3,(H2,26,28)(H,27,29). The molecule has 0 aliphatic carbocycles. The van der Waals surface area contributed by atoms with Crippen molar-refractivity contribution in [3.8, 4) is 11.5 Å². The summed E-state index contributed by atoms with van der Waals surface area (Å²) in [4.78, 5) is 23.4. The second kappa shape index (κ2) is 11.0. The Bertz CT molecular complexity index is 969. The average molecular weight is 459 g/mol. The Kier molecular flexibility index (Phi) is 8.14. The van der Waals surface area contributed by atoms with E-state index >= 15 is 0 Å². The molecule has 1 heterocycles. The van der Waals surface area contributed by atoms with Crippen LogP contribution >= 0.6 is 11.6 Å². The van der Waals surface area contributed by atoms with Crippen LogP contribution in [0.2, 0.25) is 5.02 Å². The molecule has 0 aromatic heterocycles. The van der Waals surface area contributed by atoms with Crippen molar-refractivity contribution < 1.29 is 23.8 Å². The third kappa shape index (κ3) is 6.24. The van der Waals surface area contributed by atoms with Crippen LogP contribution in [0.15, 0.2) is 48.5 Å². The lowest BCUT2D eigenvalue weighted by Crippen LogP contribution is -2.44. The number of hydrogen-bond donors (Lipinski definition) is 2. The summed E-state index contributed by atoms with van der Waals surface area (Å²) in [6.07, 6.45) is 4.81. The number of primary amides is 1. The first-order valence-electron chi connectivity index (χ1n) is 10.3. The minimum Gasteiger partial charge on any atom is -0.493 e. The van der Waals surface area contributed by atoms with Gasteiger partial charge in [-0.25, -0.2) is 0 Å². The summed E-state index contributed by atoms with van der Waals surface area (Å²) in [6.45, 7) is 1.56. The van der Waals surface area contributed by atoms with Gasteiger partial charge in [0.2, 0.25) is 5.91 Å². The van der Waals surface area contributed by atoms with Gasteiger partial charge in [-0.15, -0.1) is 0 Å². The maximum Gasteiger partial charge on any atom is 0.255 e. The van der Waals surface area contributed by atoms with Crippen LogP contribution in [0.4, 0.5) is 0 Å². The summed E-state index contributed by atoms with van der Waals surface area (Å²) in [6, 6.07) is 12.9. The lowest BCUT2D eigenvalue weighted by atomic mass is 9.74. The molecule has 1 saturated heterocycles. The highest BCUT2D eigenvalue weighted by Crippen LogP contribution is 2.35. The van der Waals surface area contributed by atoms with Crippen molar-refractivity contribution in [1.82, 2.24) is 5.32 Å². The highest BCUT2D eigenvalue weighted by atomic mass is 35.5. The number of hydrogen-bond acceptors (Lipinski definition) is 5. The lowest BCUT2D eigenvalue weighted by molar-refractivity contribution is -0.120. The zero-order valence-corrected chi connectivity index (χ0v) is 18.7. The molecule has 1 fully saturated rings. The van der Waals surface area contributed by atoms with Crippen molar-refractivity contribution in [2.24, 2.45) is 5.73 Å². The summed E-state index contributed by atoms with van der Waals surface area (Å²) in [5.41, 5.74) is 6.82. The molecule has 8 heteroatoms. The predicted molar refractivity (Wildman–Crippen MR) is 123 cm³/mol. The molecule has 0 radical (unpaired) electrons. The fourth-order valence-electron chi connectivity index (χ4n) is 3.68. The smallest absolute Gasteiger partial charge is 0.255 e. The van der Waals surface area contributed by atoms with Crippen LogP contribution in [0, 0.1) is 0 Å². The van der Waals surface area contributed by atoms with Gasteiger partial charge in [0, 0.05) is 36.3 Å². The second-order valence-electron chi connectivity index (χ2n) is 7.62. The molecule has 1 aliphatic rings. The molecule has 7 nitrogen and oxygen atoms in total. The molecule has 0 saturated carbocycles. The van der Waals surface area contributed by atoms with E-state index < -0.39 is 5.91 Å². The van der Waals surface area contributed by atoms with Crippen LogP contribution in [-0.4, -0.2) is 45.3 Å². The van der Waals surface area contributed by atoms with Crippen molar-refractivity contribution in [2.75, 3.05) is 33.5 Å². The van der Waals surface area contributed by atoms with Crippen LogP contribution in [0.1, 0.15) is 24.0 Å². The molecular formula is C24H27ClN2O5. The van der Waals surface area contributed by atoms with Gasteiger partial charge in [0.1, 0.15) is 0 Å². The molecule has 0 unspecified atom stereocenters. The van der Waals surface area contributed by atoms with Crippen molar-refractivity contribution in [3.05, 3.63) is 64.7 Å². The van der Waals surface area contributed by atoms with Gasteiger partial charge in [-0.1, -0.05) is 29.8 Å². The van der Waals surface area contributed by atoms with Gasteiger partial charge in [0.05, 0.1) is 7.11 Å². The quantitative estimate of drug-likeness (QED) is 0.562. The van der Waals surface area contributed by atoms with Crippen LogP contribution in [0.3, 0.4) is 0 Å². The Balaban J connectivity index is 1.65. The van der Waals surface area contributed by atoms with Crippen LogP contribution in [-0.2, 0) is 19.7 Å². The van der Waals surface area contributed by atoms with E-state index in [2.05, 4.69) is 5.32 Å². The number of rotatable bonds is 9. The van der Waals surface area contributed by atoms with E-state index in [4.69, 9.17) is 31.5 Å². The molecule has 2 aromatic carbocycles. The first-order valence-corrected chi connectivity index (χ1v) is 10.7. The topological polar surface area (TPSA) is 99.9 Å². The number of benzene rings is 2. The van der Waals surface area contributed by atoms with E-state index in [9.17, 15) is 9.59 Å². The van der Waals surface area contributed by atoms with Gasteiger partial charge in [0.15, 0.2) is 18.1 Å². The zero-order chi connectivity index (χ0) is 23.0. The number of methoxy groups -OCH3 is 1. The van der Waals surface area contributed by atoms with Crippen molar-refractivity contribution in [2.45, 2.75) is 18.3 Å². The fourth-order valence-corrected chi connectivity index (χ4v) is 3.80. The van der Waals surface area contributed by atoms with Crippen molar-refractivity contribution in [1.29, 1.82) is 0 Å². The highest BCUT2D eigenvalue weighted by molar-refractivity contribution is 6.30. The third-order valence-corrected chi connectivity index (χ3v) is 5.74. The summed E-state index contributed by atoms with van der Waals surface area (Å²) in [5.74, 6) is 0.0708. The van der Waals surface area contributed by atoms with Gasteiger partial charge < -0.3 is 25.3 Å². The Morgan fingerprint density at radius 1 is 1.16 bits per heavy atom. The summed E-state index contributed by atoms with van der Waals surface area (Å²) < 4.78 is 16.1. The molecular weight excluding hydrogens is 432 g/mol. The zero-order valence-electron chi connectivity index (χ0n) is 17.9. The fraction of sp³-hybridized carbons (Fsp3) is 0.333. The number of halogens is 1. The average Bonchev–Trinajstić information content (AvgIpc) is 2.81. The van der Waals surface area contributed by atoms with Gasteiger partial charge >= 0.3 is 0 Å². The van der Waals surface area contributed by atoms with Crippen LogP contribution in [0.25, 0.3) is 6.08 Å². The third-order valence-electron chi connectivity index (χ3n) is 5.49. The molecule has 0 spiro atoms. The SMILES string of the molecule is COc1cc(C=CC(=O)NCC2(c3ccc(Cl)cc3)CCOCC2)ccc1OCC(N)=O. The van der Waals surface area contributed by atoms with E-state index in [1.54, 1.807) is 24.3 Å². The Hall–Kier alpha value is -3.03. The van der Waals surface area contributed by atoms with E-state index in [0.29, 0.717) is 36.3 Å². The maximum atomic E-state index is 12.5. The predicted octanol–water partition coefficient (Wildman–Crippen LogP) is 3.09. The minimum atomic E-state index is -0.575. The first-order chi connectivity index (χ1) is 15.4. The van der Waals surface area contributed by atoms with Crippen molar-refractivity contribution >= 4 is 29.5 Å². The lowest BCUT2D eigenvalue weighted by Gasteiger charge is -2.37. The Labute approximate surface area is 192 Å². The molecule has 2 amide bonds. The highest BCUT2D eigenvalue weighted by Gasteiger charge is 2.34. The van der Waals surface area contributed by atoms with E-state index in [0.717, 1.165) is 24.0 Å². The Morgan fingerprint density at radius 2 is 1.88 bits per heavy atom. The second-order valence-corrected chi connectivity index (χ2v) is 8.05. The summed E-state index contributed by atoms with van der Waals surface area (Å²) >= 11 is 6.04. The molecule has 170 valence electrons. The number of nitrogens with one attached hydrogen (secondary N) is 1. The molecule has 2 aromatic rings. The number of nitrogens with two attached hydrogens (primary N) is 1. The van der Waals surface area contributed by atoms with E-state index in [-0.39, 0.29) is 17.9 Å². The van der Waals surface area contributed by atoms with Crippen molar-refractivity contribution in [3.63, 3.8) is 0 Å². The van der Waals surface area contributed by atoms with Gasteiger partial charge in [-0.3, -0.25) is 9.59 Å². The van der Waals surface area contributed by atoms with Gasteiger partial charge in [0.25, 0.3) is 5.91 Å². The summed E-state index contributed by atoms with van der Waals surface area (Å²) in [5, 5.41) is 3.71. The van der Waals surface area contributed by atoms with Crippen LogP contribution in [0.5, 0.6) is 11.5 Å². The number of carbonyl (C=O) groups is 2. The number of carbonyl (C=O) groups excluding carboxylic acids is 2. The first kappa shape index (κ1) is 23.6.